The maximum atomic E-state index is 11.7. The zero-order valence-corrected chi connectivity index (χ0v) is 6.76. The third-order valence-electron chi connectivity index (χ3n) is 1.61. The van der Waals surface area contributed by atoms with Gasteiger partial charge in [0.15, 0.2) is 24.1 Å². The van der Waals surface area contributed by atoms with Crippen LogP contribution in [0.2, 0.25) is 0 Å². The average Bonchev–Trinajstić information content (AvgIpc) is 2.27. The number of Topliss-reactive ketones (excluding diaryl/α,β-unsaturated/α-hetero) is 2. The highest BCUT2D eigenvalue weighted by atomic mass is 19.4. The maximum Gasteiger partial charge on any atom is 0.395 e. The van der Waals surface area contributed by atoms with Crippen LogP contribution in [-0.2, 0) is 19.1 Å². The van der Waals surface area contributed by atoms with Crippen LogP contribution in [0.25, 0.3) is 0 Å². The van der Waals surface area contributed by atoms with Gasteiger partial charge in [0.05, 0.1) is 0 Å². The number of rotatable bonds is 2. The molecule has 14 heavy (non-hydrogen) atoms. The Bertz CT molecular complexity index is 278. The van der Waals surface area contributed by atoms with Gasteiger partial charge in [-0.3, -0.25) is 14.4 Å². The van der Waals surface area contributed by atoms with E-state index in [4.69, 9.17) is 0 Å². The van der Waals surface area contributed by atoms with Gasteiger partial charge in [-0.25, -0.2) is 0 Å². The Morgan fingerprint density at radius 3 is 2.36 bits per heavy atom. The van der Waals surface area contributed by atoms with Crippen molar-refractivity contribution in [2.24, 2.45) is 5.92 Å². The summed E-state index contributed by atoms with van der Waals surface area (Å²) >= 11 is 0. The molecule has 1 saturated heterocycles. The van der Waals surface area contributed by atoms with E-state index in [2.05, 4.69) is 4.74 Å². The molecule has 0 aromatic rings. The number of cyclic esters (lactones) is 1. The van der Waals surface area contributed by atoms with Crippen LogP contribution in [0.15, 0.2) is 0 Å². The second-order valence-electron chi connectivity index (χ2n) is 2.77. The molecule has 0 N–H and O–H groups in total. The van der Waals surface area contributed by atoms with Crippen LogP contribution in [0.5, 0.6) is 0 Å². The number of ketones is 2. The molecule has 0 aliphatic carbocycles. The van der Waals surface area contributed by atoms with Crippen molar-refractivity contribution < 1.29 is 32.3 Å². The van der Waals surface area contributed by atoms with E-state index in [1.54, 1.807) is 0 Å². The van der Waals surface area contributed by atoms with Crippen molar-refractivity contribution in [3.63, 3.8) is 0 Å². The minimum Gasteiger partial charge on any atom is -0.457 e. The van der Waals surface area contributed by atoms with Gasteiger partial charge >= 0.3 is 12.1 Å². The smallest absolute Gasteiger partial charge is 0.395 e. The van der Waals surface area contributed by atoms with Gasteiger partial charge in [0.1, 0.15) is 6.42 Å². The maximum absolute atomic E-state index is 11.7. The fourth-order valence-corrected chi connectivity index (χ4v) is 1.05. The summed E-state index contributed by atoms with van der Waals surface area (Å²) in [6.45, 7) is -0.618. The lowest BCUT2D eigenvalue weighted by atomic mass is 9.99. The van der Waals surface area contributed by atoms with Crippen molar-refractivity contribution in [3.05, 3.63) is 0 Å². The van der Waals surface area contributed by atoms with E-state index >= 15 is 0 Å². The first kappa shape index (κ1) is 10.7. The lowest BCUT2D eigenvalue weighted by molar-refractivity contribution is -0.158. The zero-order valence-electron chi connectivity index (χ0n) is 6.76. The summed E-state index contributed by atoms with van der Waals surface area (Å²) in [5.74, 6) is -5.44. The first-order valence-electron chi connectivity index (χ1n) is 3.60. The Balaban J connectivity index is 2.70. The predicted molar refractivity (Wildman–Crippen MR) is 35.1 cm³/mol. The van der Waals surface area contributed by atoms with Gasteiger partial charge in [-0.05, 0) is 0 Å². The molecule has 0 spiro atoms. The minimum atomic E-state index is -4.71. The zero-order chi connectivity index (χ0) is 10.9. The largest absolute Gasteiger partial charge is 0.457 e. The Kier molecular flexibility index (Phi) is 2.59. The monoisotopic (exact) mass is 210 g/mol. The van der Waals surface area contributed by atoms with E-state index in [0.717, 1.165) is 0 Å². The van der Waals surface area contributed by atoms with Crippen LogP contribution in [0.4, 0.5) is 13.2 Å². The van der Waals surface area contributed by atoms with E-state index in [0.29, 0.717) is 0 Å². The van der Waals surface area contributed by atoms with E-state index < -0.39 is 42.7 Å². The molecule has 1 heterocycles. The van der Waals surface area contributed by atoms with Gasteiger partial charge in [0.25, 0.3) is 0 Å². The van der Waals surface area contributed by atoms with Crippen LogP contribution in [0.3, 0.4) is 0 Å². The predicted octanol–water partition coefficient (Wildman–Crippen LogP) is 0.250. The molecule has 0 aromatic carbocycles. The molecule has 0 radical (unpaired) electrons. The minimum absolute atomic E-state index is 0.618. The summed E-state index contributed by atoms with van der Waals surface area (Å²) in [5.41, 5.74) is 0. The molecule has 0 bridgehead atoms. The number of ether oxygens (including phenoxy) is 1. The molecular weight excluding hydrogens is 205 g/mol. The SMILES string of the molecule is O=C1COC(=O)C1C(=O)CC(F)(F)F. The molecule has 1 rings (SSSR count). The van der Waals surface area contributed by atoms with Crippen molar-refractivity contribution in [1.29, 1.82) is 0 Å². The lowest BCUT2D eigenvalue weighted by Crippen LogP contribution is -2.29. The van der Waals surface area contributed by atoms with Crippen LogP contribution in [0.1, 0.15) is 6.42 Å². The number of carbonyl (C=O) groups is 3. The molecule has 1 aliphatic rings. The summed E-state index contributed by atoms with van der Waals surface area (Å²) in [4.78, 5) is 32.3. The van der Waals surface area contributed by atoms with Gasteiger partial charge in [0.2, 0.25) is 0 Å². The normalized spacial score (nSPS) is 22.4. The van der Waals surface area contributed by atoms with E-state index in [1.165, 1.54) is 0 Å². The van der Waals surface area contributed by atoms with Gasteiger partial charge in [-0.1, -0.05) is 0 Å². The summed E-state index contributed by atoms with van der Waals surface area (Å²) in [6, 6.07) is 0. The second kappa shape index (κ2) is 3.39. The van der Waals surface area contributed by atoms with Crippen molar-refractivity contribution in [3.8, 4) is 0 Å². The van der Waals surface area contributed by atoms with Gasteiger partial charge < -0.3 is 4.74 Å². The van der Waals surface area contributed by atoms with E-state index in [-0.39, 0.29) is 0 Å². The first-order valence-corrected chi connectivity index (χ1v) is 3.60. The molecule has 1 atom stereocenters. The van der Waals surface area contributed by atoms with Gasteiger partial charge in [0, 0.05) is 0 Å². The van der Waals surface area contributed by atoms with Crippen LogP contribution >= 0.6 is 0 Å². The van der Waals surface area contributed by atoms with E-state index in [9.17, 15) is 27.6 Å². The fourth-order valence-electron chi connectivity index (χ4n) is 1.05. The van der Waals surface area contributed by atoms with Crippen LogP contribution < -0.4 is 0 Å². The second-order valence-corrected chi connectivity index (χ2v) is 2.77. The van der Waals surface area contributed by atoms with Crippen LogP contribution in [0, 0.1) is 5.92 Å². The Hall–Kier alpha value is -1.40. The van der Waals surface area contributed by atoms with Gasteiger partial charge in [-0.2, -0.15) is 13.2 Å². The standard InChI is InChI=1S/C7H5F3O4/c8-7(9,10)1-3(11)5-4(12)2-14-6(5)13/h5H,1-2H2. The van der Waals surface area contributed by atoms with E-state index in [1.807, 2.05) is 0 Å². The average molecular weight is 210 g/mol. The molecule has 4 nitrogen and oxygen atoms in total. The molecule has 1 aliphatic heterocycles. The number of alkyl halides is 3. The molecule has 0 saturated carbocycles. The molecular formula is C7H5F3O4. The summed E-state index contributed by atoms with van der Waals surface area (Å²) in [5, 5.41) is 0. The Labute approximate surface area is 76.0 Å². The van der Waals surface area contributed by atoms with Gasteiger partial charge in [-0.15, -0.1) is 0 Å². The molecule has 1 unspecified atom stereocenters. The molecule has 1 fully saturated rings. The Morgan fingerprint density at radius 2 is 2.00 bits per heavy atom. The summed E-state index contributed by atoms with van der Waals surface area (Å²) < 4.78 is 39.3. The van der Waals surface area contributed by atoms with Crippen LogP contribution in [-0.4, -0.2) is 30.3 Å². The third-order valence-corrected chi connectivity index (χ3v) is 1.61. The number of esters is 1. The van der Waals surface area contributed by atoms with Crippen molar-refractivity contribution in [1.82, 2.24) is 0 Å². The van der Waals surface area contributed by atoms with Crippen molar-refractivity contribution in [2.45, 2.75) is 12.6 Å². The first-order chi connectivity index (χ1) is 6.31. The Morgan fingerprint density at radius 1 is 1.43 bits per heavy atom. The number of hydrogen-bond acceptors (Lipinski definition) is 4. The lowest BCUT2D eigenvalue weighted by Gasteiger charge is -2.06. The molecule has 78 valence electrons. The number of carbonyl (C=O) groups excluding carboxylic acids is 3. The molecule has 7 heteroatoms. The summed E-state index contributed by atoms with van der Waals surface area (Å²) in [6.07, 6.45) is -6.49. The summed E-state index contributed by atoms with van der Waals surface area (Å²) in [7, 11) is 0. The highest BCUT2D eigenvalue weighted by Gasteiger charge is 2.45. The quantitative estimate of drug-likeness (QED) is 0.484. The highest BCUT2D eigenvalue weighted by molar-refractivity contribution is 6.20. The molecule has 0 amide bonds. The van der Waals surface area contributed by atoms with Crippen molar-refractivity contribution in [2.75, 3.05) is 6.61 Å². The molecule has 0 aromatic heterocycles. The highest BCUT2D eigenvalue weighted by Crippen LogP contribution is 2.24. The number of halogens is 3. The third kappa shape index (κ3) is 2.30. The van der Waals surface area contributed by atoms with Crippen molar-refractivity contribution >= 4 is 17.5 Å². The number of hydrogen-bond donors (Lipinski definition) is 0. The topological polar surface area (TPSA) is 60.4 Å². The fraction of sp³-hybridized carbons (Fsp3) is 0.571.